The summed E-state index contributed by atoms with van der Waals surface area (Å²) in [6, 6.07) is 0. The van der Waals surface area contributed by atoms with Crippen LogP contribution in [0.15, 0.2) is 0 Å². The third-order valence-electron chi connectivity index (χ3n) is 1.27. The van der Waals surface area contributed by atoms with Gasteiger partial charge in [0.25, 0.3) is 5.92 Å². The van der Waals surface area contributed by atoms with E-state index in [2.05, 4.69) is 17.4 Å². The summed E-state index contributed by atoms with van der Waals surface area (Å²) in [4.78, 5) is 20.4. The van der Waals surface area contributed by atoms with Gasteiger partial charge in [0, 0.05) is 6.42 Å². The molecule has 0 saturated carbocycles. The molecule has 0 saturated heterocycles. The van der Waals surface area contributed by atoms with E-state index in [9.17, 15) is 18.4 Å². The second kappa shape index (κ2) is 5.79. The summed E-state index contributed by atoms with van der Waals surface area (Å²) < 4.78 is 29.6. The number of esters is 1. The van der Waals surface area contributed by atoms with Crippen molar-refractivity contribution in [3.8, 4) is 0 Å². The first-order valence-electron chi connectivity index (χ1n) is 3.73. The fourth-order valence-electron chi connectivity index (χ4n) is 0.669. The predicted molar refractivity (Wildman–Crippen MR) is 46.6 cm³/mol. The number of rotatable bonds is 6. The number of carboxylic acid groups (broad SMARTS) is 1. The summed E-state index contributed by atoms with van der Waals surface area (Å²) in [5.74, 6) is -5.83. The molecule has 0 fully saturated rings. The van der Waals surface area contributed by atoms with Gasteiger partial charge in [0.15, 0.2) is 0 Å². The molecule has 1 N–H and O–H groups in total. The molecular formula is C7H10F2O4S. The first-order chi connectivity index (χ1) is 6.37. The zero-order chi connectivity index (χ0) is 11.2. The standard InChI is InChI=1S/C7H10F2O4S/c8-7(9,3-5(10)11)1-2-13-6(12)4-14/h14H,1-4H2,(H,10,11). The molecule has 0 aliphatic carbocycles. The Morgan fingerprint density at radius 3 is 2.43 bits per heavy atom. The van der Waals surface area contributed by atoms with Gasteiger partial charge in [-0.15, -0.1) is 0 Å². The molecule has 0 rings (SSSR count). The van der Waals surface area contributed by atoms with Crippen LogP contribution < -0.4 is 0 Å². The molecule has 0 heterocycles. The number of thiol groups is 1. The third kappa shape index (κ3) is 6.64. The zero-order valence-corrected chi connectivity index (χ0v) is 8.10. The average molecular weight is 228 g/mol. The van der Waals surface area contributed by atoms with Crippen LogP contribution in [0.5, 0.6) is 0 Å². The van der Waals surface area contributed by atoms with Gasteiger partial charge in [-0.25, -0.2) is 8.78 Å². The number of carbonyl (C=O) groups excluding carboxylic acids is 1. The third-order valence-corrected chi connectivity index (χ3v) is 1.53. The van der Waals surface area contributed by atoms with Crippen LogP contribution in [0.2, 0.25) is 0 Å². The summed E-state index contributed by atoms with van der Waals surface area (Å²) in [6.07, 6.45) is -2.05. The zero-order valence-electron chi connectivity index (χ0n) is 7.20. The topological polar surface area (TPSA) is 63.6 Å². The van der Waals surface area contributed by atoms with Gasteiger partial charge in [-0.3, -0.25) is 9.59 Å². The van der Waals surface area contributed by atoms with E-state index in [4.69, 9.17) is 5.11 Å². The van der Waals surface area contributed by atoms with E-state index in [1.54, 1.807) is 0 Å². The van der Waals surface area contributed by atoms with Crippen molar-refractivity contribution >= 4 is 24.6 Å². The fraction of sp³-hybridized carbons (Fsp3) is 0.714. The monoisotopic (exact) mass is 228 g/mol. The Morgan fingerprint density at radius 1 is 1.43 bits per heavy atom. The van der Waals surface area contributed by atoms with Gasteiger partial charge in [-0.05, 0) is 0 Å². The highest BCUT2D eigenvalue weighted by Crippen LogP contribution is 2.22. The van der Waals surface area contributed by atoms with Crippen molar-refractivity contribution in [1.29, 1.82) is 0 Å². The molecule has 0 bridgehead atoms. The molecule has 0 spiro atoms. The van der Waals surface area contributed by atoms with Crippen molar-refractivity contribution in [3.05, 3.63) is 0 Å². The van der Waals surface area contributed by atoms with E-state index < -0.39 is 37.3 Å². The van der Waals surface area contributed by atoms with Crippen LogP contribution in [0.3, 0.4) is 0 Å². The number of halogens is 2. The van der Waals surface area contributed by atoms with E-state index in [-0.39, 0.29) is 5.75 Å². The lowest BCUT2D eigenvalue weighted by atomic mass is 10.2. The molecule has 14 heavy (non-hydrogen) atoms. The van der Waals surface area contributed by atoms with Gasteiger partial charge < -0.3 is 9.84 Å². The number of hydrogen-bond donors (Lipinski definition) is 2. The molecule has 0 amide bonds. The van der Waals surface area contributed by atoms with Crippen LogP contribution >= 0.6 is 12.6 Å². The van der Waals surface area contributed by atoms with Gasteiger partial charge in [-0.2, -0.15) is 12.6 Å². The van der Waals surface area contributed by atoms with Gasteiger partial charge in [0.1, 0.15) is 6.42 Å². The van der Waals surface area contributed by atoms with Crippen molar-refractivity contribution in [1.82, 2.24) is 0 Å². The highest BCUT2D eigenvalue weighted by atomic mass is 32.1. The maximum absolute atomic E-state index is 12.6. The summed E-state index contributed by atoms with van der Waals surface area (Å²) >= 11 is 3.56. The largest absolute Gasteiger partial charge is 0.481 e. The van der Waals surface area contributed by atoms with Crippen LogP contribution in [0.4, 0.5) is 8.78 Å². The van der Waals surface area contributed by atoms with Crippen molar-refractivity contribution < 1.29 is 28.2 Å². The Bertz CT molecular complexity index is 220. The minimum atomic E-state index is -3.34. The van der Waals surface area contributed by atoms with Gasteiger partial charge in [-0.1, -0.05) is 0 Å². The lowest BCUT2D eigenvalue weighted by molar-refractivity contribution is -0.148. The van der Waals surface area contributed by atoms with Crippen molar-refractivity contribution in [3.63, 3.8) is 0 Å². The number of carboxylic acids is 1. The Balaban J connectivity index is 3.76. The number of aliphatic carboxylic acids is 1. The molecule has 0 aromatic carbocycles. The van der Waals surface area contributed by atoms with Gasteiger partial charge in [0.05, 0.1) is 12.4 Å². The van der Waals surface area contributed by atoms with Crippen LogP contribution in [0.25, 0.3) is 0 Å². The Labute approximate surface area is 84.6 Å². The van der Waals surface area contributed by atoms with Crippen LogP contribution in [-0.2, 0) is 14.3 Å². The molecule has 0 aromatic heterocycles. The number of hydrogen-bond acceptors (Lipinski definition) is 4. The molecule has 82 valence electrons. The molecular weight excluding hydrogens is 218 g/mol. The lowest BCUT2D eigenvalue weighted by Crippen LogP contribution is -2.23. The summed E-state index contributed by atoms with van der Waals surface area (Å²) in [6.45, 7) is -0.500. The summed E-state index contributed by atoms with van der Waals surface area (Å²) in [7, 11) is 0. The fourth-order valence-corrected chi connectivity index (χ4v) is 0.761. The highest BCUT2D eigenvalue weighted by Gasteiger charge is 2.32. The van der Waals surface area contributed by atoms with Crippen molar-refractivity contribution in [2.45, 2.75) is 18.8 Å². The predicted octanol–water partition coefficient (Wildman–Crippen LogP) is 0.960. The first kappa shape index (κ1) is 13.2. The molecule has 0 atom stereocenters. The number of ether oxygens (including phenoxy) is 1. The minimum absolute atomic E-state index is 0.190. The molecule has 7 heteroatoms. The summed E-state index contributed by atoms with van der Waals surface area (Å²) in [5.41, 5.74) is 0. The average Bonchev–Trinajstić information content (AvgIpc) is 2.01. The normalized spacial score (nSPS) is 11.1. The molecule has 0 aromatic rings. The van der Waals surface area contributed by atoms with Crippen LogP contribution in [0, 0.1) is 0 Å². The Kier molecular flexibility index (Phi) is 5.44. The molecule has 0 aliphatic rings. The van der Waals surface area contributed by atoms with Crippen LogP contribution in [-0.4, -0.2) is 35.3 Å². The Hall–Kier alpha value is -0.850. The van der Waals surface area contributed by atoms with Crippen molar-refractivity contribution in [2.24, 2.45) is 0 Å². The quantitative estimate of drug-likeness (QED) is 0.525. The van der Waals surface area contributed by atoms with E-state index in [1.165, 1.54) is 0 Å². The second-order valence-electron chi connectivity index (χ2n) is 2.56. The summed E-state index contributed by atoms with van der Waals surface area (Å²) in [5, 5.41) is 8.10. The molecule has 0 aliphatic heterocycles. The first-order valence-corrected chi connectivity index (χ1v) is 4.37. The second-order valence-corrected chi connectivity index (χ2v) is 2.87. The van der Waals surface area contributed by atoms with E-state index in [0.717, 1.165) is 0 Å². The maximum Gasteiger partial charge on any atom is 0.315 e. The highest BCUT2D eigenvalue weighted by molar-refractivity contribution is 7.81. The maximum atomic E-state index is 12.6. The molecule has 0 radical (unpaired) electrons. The SMILES string of the molecule is O=C(O)CC(F)(F)CCOC(=O)CS. The van der Waals surface area contributed by atoms with Crippen molar-refractivity contribution in [2.75, 3.05) is 12.4 Å². The van der Waals surface area contributed by atoms with Gasteiger partial charge in [0.2, 0.25) is 0 Å². The number of alkyl halides is 2. The minimum Gasteiger partial charge on any atom is -0.481 e. The van der Waals surface area contributed by atoms with Crippen LogP contribution in [0.1, 0.15) is 12.8 Å². The molecule has 0 unspecified atom stereocenters. The molecule has 4 nitrogen and oxygen atoms in total. The Morgan fingerprint density at radius 2 is 2.00 bits per heavy atom. The van der Waals surface area contributed by atoms with Gasteiger partial charge >= 0.3 is 11.9 Å². The van der Waals surface area contributed by atoms with E-state index in [1.807, 2.05) is 0 Å². The van der Waals surface area contributed by atoms with E-state index >= 15 is 0 Å². The smallest absolute Gasteiger partial charge is 0.315 e. The number of carbonyl (C=O) groups is 2. The lowest BCUT2D eigenvalue weighted by Gasteiger charge is -2.13. The van der Waals surface area contributed by atoms with E-state index in [0.29, 0.717) is 0 Å².